The molecule has 0 bridgehead atoms. The Morgan fingerprint density at radius 2 is 1.59 bits per heavy atom. The number of ether oxygens (including phenoxy) is 2. The van der Waals surface area contributed by atoms with E-state index in [0.29, 0.717) is 22.6 Å². The van der Waals surface area contributed by atoms with Gasteiger partial charge in [0.25, 0.3) is 0 Å². The van der Waals surface area contributed by atoms with Crippen LogP contribution < -0.4 is 9.47 Å². The number of rotatable bonds is 5. The zero-order chi connectivity index (χ0) is 16.1. The van der Waals surface area contributed by atoms with Crippen molar-refractivity contribution in [3.8, 4) is 17.2 Å². The molecule has 0 fully saturated rings. The molecule has 0 heterocycles. The highest BCUT2D eigenvalue weighted by Gasteiger charge is 2.10. The summed E-state index contributed by atoms with van der Waals surface area (Å²) < 4.78 is 10.2. The Hall–Kier alpha value is -2.75. The van der Waals surface area contributed by atoms with Gasteiger partial charge in [-0.05, 0) is 30.7 Å². The number of aromatic hydroxyl groups is 1. The van der Waals surface area contributed by atoms with E-state index in [0.717, 1.165) is 5.56 Å². The molecule has 0 radical (unpaired) electrons. The van der Waals surface area contributed by atoms with Gasteiger partial charge in [0.2, 0.25) is 5.75 Å². The van der Waals surface area contributed by atoms with Gasteiger partial charge in [0.15, 0.2) is 17.3 Å². The van der Waals surface area contributed by atoms with Gasteiger partial charge < -0.3 is 14.6 Å². The molecule has 4 nitrogen and oxygen atoms in total. The van der Waals surface area contributed by atoms with Crippen molar-refractivity contribution in [2.75, 3.05) is 14.2 Å². The highest BCUT2D eigenvalue weighted by atomic mass is 16.5. The topological polar surface area (TPSA) is 55.8 Å². The largest absolute Gasteiger partial charge is 0.502 e. The van der Waals surface area contributed by atoms with Crippen LogP contribution in [-0.4, -0.2) is 25.1 Å². The summed E-state index contributed by atoms with van der Waals surface area (Å²) in [6.45, 7) is 1.97. The van der Waals surface area contributed by atoms with Crippen molar-refractivity contribution in [2.24, 2.45) is 0 Å². The first-order valence-electron chi connectivity index (χ1n) is 6.79. The van der Waals surface area contributed by atoms with Crippen LogP contribution in [0.1, 0.15) is 21.5 Å². The number of methoxy groups -OCH3 is 2. The number of carbonyl (C=O) groups excluding carboxylic acids is 1. The summed E-state index contributed by atoms with van der Waals surface area (Å²) in [6.07, 6.45) is 3.14. The summed E-state index contributed by atoms with van der Waals surface area (Å²) in [6, 6.07) is 10.6. The number of hydrogen-bond donors (Lipinski definition) is 1. The molecule has 22 heavy (non-hydrogen) atoms. The summed E-state index contributed by atoms with van der Waals surface area (Å²) in [7, 11) is 2.92. The van der Waals surface area contributed by atoms with Crippen LogP contribution in [0.25, 0.3) is 6.08 Å². The second-order valence-corrected chi connectivity index (χ2v) is 4.84. The van der Waals surface area contributed by atoms with E-state index in [1.165, 1.54) is 20.3 Å². The van der Waals surface area contributed by atoms with Crippen molar-refractivity contribution in [3.63, 3.8) is 0 Å². The molecule has 2 rings (SSSR count). The van der Waals surface area contributed by atoms with Crippen molar-refractivity contribution in [3.05, 3.63) is 59.2 Å². The lowest BCUT2D eigenvalue weighted by atomic mass is 10.1. The molecule has 0 aliphatic carbocycles. The number of phenols is 1. The Morgan fingerprint density at radius 3 is 2.09 bits per heavy atom. The third-order valence-electron chi connectivity index (χ3n) is 3.27. The fourth-order valence-corrected chi connectivity index (χ4v) is 2.00. The highest BCUT2D eigenvalue weighted by Crippen LogP contribution is 2.37. The smallest absolute Gasteiger partial charge is 0.200 e. The number of allylic oxidation sites excluding steroid dienone is 1. The fourth-order valence-electron chi connectivity index (χ4n) is 2.00. The summed E-state index contributed by atoms with van der Waals surface area (Å²) in [5, 5.41) is 9.85. The molecule has 114 valence electrons. The summed E-state index contributed by atoms with van der Waals surface area (Å²) >= 11 is 0. The van der Waals surface area contributed by atoms with Gasteiger partial charge in [0.05, 0.1) is 14.2 Å². The van der Waals surface area contributed by atoms with Crippen LogP contribution in [0, 0.1) is 6.92 Å². The lowest BCUT2D eigenvalue weighted by molar-refractivity contribution is 0.104. The van der Waals surface area contributed by atoms with Crippen molar-refractivity contribution in [1.29, 1.82) is 0 Å². The van der Waals surface area contributed by atoms with E-state index < -0.39 is 0 Å². The first kappa shape index (κ1) is 15.6. The predicted molar refractivity (Wildman–Crippen MR) is 85.8 cm³/mol. The predicted octanol–water partition coefficient (Wildman–Crippen LogP) is 3.61. The molecule has 4 heteroatoms. The number of carbonyl (C=O) groups is 1. The number of hydrogen-bond acceptors (Lipinski definition) is 4. The first-order valence-corrected chi connectivity index (χ1v) is 6.79. The Morgan fingerprint density at radius 1 is 1.05 bits per heavy atom. The molecule has 2 aromatic carbocycles. The molecule has 0 saturated carbocycles. The van der Waals surface area contributed by atoms with Gasteiger partial charge in [-0.1, -0.05) is 35.9 Å². The SMILES string of the molecule is COc1cc(/C=C/C(=O)c2ccc(C)cc2)cc(OC)c1O. The van der Waals surface area contributed by atoms with Crippen molar-refractivity contribution in [2.45, 2.75) is 6.92 Å². The molecule has 2 aromatic rings. The van der Waals surface area contributed by atoms with Crippen LogP contribution in [0.15, 0.2) is 42.5 Å². The maximum Gasteiger partial charge on any atom is 0.200 e. The van der Waals surface area contributed by atoms with Gasteiger partial charge in [0, 0.05) is 5.56 Å². The molecular formula is C18H18O4. The number of phenolic OH excluding ortho intramolecular Hbond substituents is 1. The number of ketones is 1. The van der Waals surface area contributed by atoms with Crippen LogP contribution in [0.2, 0.25) is 0 Å². The normalized spacial score (nSPS) is 10.7. The average molecular weight is 298 g/mol. The number of benzene rings is 2. The van der Waals surface area contributed by atoms with Crippen LogP contribution >= 0.6 is 0 Å². The molecule has 0 unspecified atom stereocenters. The molecule has 0 atom stereocenters. The summed E-state index contributed by atoms with van der Waals surface area (Å²) in [5.41, 5.74) is 2.43. The standard InChI is InChI=1S/C18H18O4/c1-12-4-7-14(8-5-12)15(19)9-6-13-10-16(21-2)18(20)17(11-13)22-3/h4-11,20H,1-3H3/b9-6+. The fraction of sp³-hybridized carbons (Fsp3) is 0.167. The van der Waals surface area contributed by atoms with E-state index in [1.807, 2.05) is 19.1 Å². The second-order valence-electron chi connectivity index (χ2n) is 4.84. The van der Waals surface area contributed by atoms with E-state index in [4.69, 9.17) is 9.47 Å². The van der Waals surface area contributed by atoms with Gasteiger partial charge in [-0.15, -0.1) is 0 Å². The van der Waals surface area contributed by atoms with Crippen molar-refractivity contribution in [1.82, 2.24) is 0 Å². The van der Waals surface area contributed by atoms with Crippen LogP contribution in [0.3, 0.4) is 0 Å². The lowest BCUT2D eigenvalue weighted by Crippen LogP contribution is -1.94. The number of aryl methyl sites for hydroxylation is 1. The van der Waals surface area contributed by atoms with E-state index in [9.17, 15) is 9.90 Å². The third kappa shape index (κ3) is 3.47. The maximum absolute atomic E-state index is 12.1. The minimum atomic E-state index is -0.0917. The van der Waals surface area contributed by atoms with Crippen molar-refractivity contribution < 1.29 is 19.4 Å². The lowest BCUT2D eigenvalue weighted by Gasteiger charge is -2.09. The maximum atomic E-state index is 12.1. The summed E-state index contributed by atoms with van der Waals surface area (Å²) in [5.74, 6) is 0.432. The summed E-state index contributed by atoms with van der Waals surface area (Å²) in [4.78, 5) is 12.1. The molecule has 0 aliphatic heterocycles. The quantitative estimate of drug-likeness (QED) is 0.676. The van der Waals surface area contributed by atoms with Gasteiger partial charge >= 0.3 is 0 Å². The zero-order valence-electron chi connectivity index (χ0n) is 12.8. The molecule has 0 saturated heterocycles. The Kier molecular flexibility index (Phi) is 4.84. The molecule has 1 N–H and O–H groups in total. The van der Waals surface area contributed by atoms with E-state index in [2.05, 4.69) is 0 Å². The van der Waals surface area contributed by atoms with Gasteiger partial charge in [-0.25, -0.2) is 0 Å². The molecular weight excluding hydrogens is 280 g/mol. The van der Waals surface area contributed by atoms with E-state index in [1.54, 1.807) is 30.3 Å². The average Bonchev–Trinajstić information content (AvgIpc) is 2.54. The Labute approximate surface area is 129 Å². The van der Waals surface area contributed by atoms with E-state index >= 15 is 0 Å². The molecule has 0 spiro atoms. The second kappa shape index (κ2) is 6.80. The van der Waals surface area contributed by atoms with Crippen LogP contribution in [0.5, 0.6) is 17.2 Å². The van der Waals surface area contributed by atoms with Gasteiger partial charge in [0.1, 0.15) is 0 Å². The minimum absolute atomic E-state index is 0.0630. The Bertz CT molecular complexity index is 675. The molecule has 0 amide bonds. The van der Waals surface area contributed by atoms with Crippen LogP contribution in [-0.2, 0) is 0 Å². The monoisotopic (exact) mass is 298 g/mol. The Balaban J connectivity index is 2.26. The third-order valence-corrected chi connectivity index (χ3v) is 3.27. The zero-order valence-corrected chi connectivity index (χ0v) is 12.8. The molecule has 0 aliphatic rings. The van der Waals surface area contributed by atoms with Gasteiger partial charge in [-0.3, -0.25) is 4.79 Å². The van der Waals surface area contributed by atoms with Crippen LogP contribution in [0.4, 0.5) is 0 Å². The minimum Gasteiger partial charge on any atom is -0.502 e. The first-order chi connectivity index (χ1) is 10.5. The highest BCUT2D eigenvalue weighted by molar-refractivity contribution is 6.06. The van der Waals surface area contributed by atoms with Crippen molar-refractivity contribution >= 4 is 11.9 Å². The van der Waals surface area contributed by atoms with Gasteiger partial charge in [-0.2, -0.15) is 0 Å². The molecule has 0 aromatic heterocycles. The van der Waals surface area contributed by atoms with E-state index in [-0.39, 0.29) is 11.5 Å².